The number of benzene rings is 3. The van der Waals surface area contributed by atoms with Gasteiger partial charge in [-0.25, -0.2) is 0 Å². The van der Waals surface area contributed by atoms with Crippen LogP contribution in [0.4, 0.5) is 17.1 Å². The third-order valence-corrected chi connectivity index (χ3v) is 7.46. The van der Waals surface area contributed by atoms with Gasteiger partial charge in [0.1, 0.15) is 12.3 Å². The summed E-state index contributed by atoms with van der Waals surface area (Å²) in [6, 6.07) is 21.0. The standard InChI is InChI=1S/C25H20ClN3O4S/c1-33-19-12-8-17(9-13-19)27-22(30)14-28-21-5-3-2-4-20(21)25(24(28)32)29(23(31)15-34-25)18-10-6-16(26)7-11-18/h2-13H,14-15H2,1H3,(H,27,30)/t25-/m1/s1. The molecule has 2 heterocycles. The summed E-state index contributed by atoms with van der Waals surface area (Å²) in [6.45, 7) is -0.188. The van der Waals surface area contributed by atoms with E-state index in [1.807, 2.05) is 18.2 Å². The molecule has 172 valence electrons. The van der Waals surface area contributed by atoms with Crippen molar-refractivity contribution in [1.82, 2.24) is 0 Å². The number of hydrogen-bond acceptors (Lipinski definition) is 5. The molecule has 1 fully saturated rings. The normalized spacial score (nSPS) is 19.0. The molecule has 5 rings (SSSR count). The highest BCUT2D eigenvalue weighted by Gasteiger charge is 2.61. The van der Waals surface area contributed by atoms with Crippen LogP contribution in [0.1, 0.15) is 5.56 Å². The Labute approximate surface area is 205 Å². The van der Waals surface area contributed by atoms with Gasteiger partial charge in [0.05, 0.1) is 18.6 Å². The first-order chi connectivity index (χ1) is 16.4. The molecule has 9 heteroatoms. The van der Waals surface area contributed by atoms with Gasteiger partial charge in [-0.05, 0) is 54.6 Å². The fourth-order valence-electron chi connectivity index (χ4n) is 4.32. The lowest BCUT2D eigenvalue weighted by molar-refractivity contribution is -0.124. The topological polar surface area (TPSA) is 79.0 Å². The molecule has 0 radical (unpaired) electrons. The Morgan fingerprint density at radius 3 is 2.47 bits per heavy atom. The van der Waals surface area contributed by atoms with Crippen molar-refractivity contribution >= 4 is 58.1 Å². The minimum absolute atomic E-state index is 0.147. The van der Waals surface area contributed by atoms with E-state index >= 15 is 0 Å². The second-order valence-corrected chi connectivity index (χ2v) is 9.43. The molecule has 2 aliphatic heterocycles. The summed E-state index contributed by atoms with van der Waals surface area (Å²) >= 11 is 7.31. The molecular weight excluding hydrogens is 474 g/mol. The van der Waals surface area contributed by atoms with Crippen LogP contribution >= 0.6 is 23.4 Å². The Kier molecular flexibility index (Phi) is 5.71. The maximum atomic E-state index is 13.9. The number of methoxy groups -OCH3 is 1. The number of thioether (sulfide) groups is 1. The minimum Gasteiger partial charge on any atom is -0.497 e. The van der Waals surface area contributed by atoms with Gasteiger partial charge in [-0.2, -0.15) is 0 Å². The Bertz CT molecular complexity index is 1280. The highest BCUT2D eigenvalue weighted by Crippen LogP contribution is 2.55. The van der Waals surface area contributed by atoms with Crippen LogP contribution in [0.25, 0.3) is 0 Å². The highest BCUT2D eigenvalue weighted by atomic mass is 35.5. The van der Waals surface area contributed by atoms with Gasteiger partial charge in [0, 0.05) is 22.0 Å². The molecule has 1 spiro atoms. The number of nitrogens with zero attached hydrogens (tertiary/aromatic N) is 2. The largest absolute Gasteiger partial charge is 0.497 e. The number of carbonyl (C=O) groups excluding carboxylic acids is 3. The van der Waals surface area contributed by atoms with Crippen molar-refractivity contribution in [2.24, 2.45) is 0 Å². The summed E-state index contributed by atoms with van der Waals surface area (Å²) < 4.78 is 5.14. The van der Waals surface area contributed by atoms with E-state index in [1.165, 1.54) is 21.6 Å². The SMILES string of the molecule is COc1ccc(NC(=O)CN2C(=O)[C@]3(SCC(=O)N3c3ccc(Cl)cc3)c3ccccc32)cc1. The van der Waals surface area contributed by atoms with Crippen LogP contribution in [0, 0.1) is 0 Å². The zero-order chi connectivity index (χ0) is 23.9. The number of anilines is 3. The van der Waals surface area contributed by atoms with E-state index in [-0.39, 0.29) is 30.0 Å². The van der Waals surface area contributed by atoms with Crippen LogP contribution in [0.3, 0.4) is 0 Å². The summed E-state index contributed by atoms with van der Waals surface area (Å²) in [5.74, 6) is -0.0369. The molecule has 7 nitrogen and oxygen atoms in total. The summed E-state index contributed by atoms with van der Waals surface area (Å²) in [5, 5.41) is 3.35. The van der Waals surface area contributed by atoms with Crippen molar-refractivity contribution in [3.05, 3.63) is 83.4 Å². The molecular formula is C25H20ClN3O4S. The van der Waals surface area contributed by atoms with E-state index in [2.05, 4.69) is 5.32 Å². The summed E-state index contributed by atoms with van der Waals surface area (Å²) in [7, 11) is 1.57. The number of halogens is 1. The Balaban J connectivity index is 1.48. The summed E-state index contributed by atoms with van der Waals surface area (Å²) in [5.41, 5.74) is 2.46. The minimum atomic E-state index is -1.28. The van der Waals surface area contributed by atoms with Gasteiger partial charge in [-0.3, -0.25) is 24.2 Å². The van der Waals surface area contributed by atoms with E-state index in [1.54, 1.807) is 61.7 Å². The van der Waals surface area contributed by atoms with Gasteiger partial charge in [0.2, 0.25) is 16.7 Å². The van der Waals surface area contributed by atoms with Crippen molar-refractivity contribution < 1.29 is 19.1 Å². The molecule has 2 aliphatic rings. The van der Waals surface area contributed by atoms with E-state index in [0.29, 0.717) is 33.4 Å². The van der Waals surface area contributed by atoms with Crippen LogP contribution in [0.5, 0.6) is 5.75 Å². The van der Waals surface area contributed by atoms with Gasteiger partial charge < -0.3 is 10.1 Å². The van der Waals surface area contributed by atoms with Crippen molar-refractivity contribution in [3.63, 3.8) is 0 Å². The monoisotopic (exact) mass is 493 g/mol. The number of amides is 3. The van der Waals surface area contributed by atoms with E-state index in [4.69, 9.17) is 16.3 Å². The van der Waals surface area contributed by atoms with E-state index < -0.39 is 4.87 Å². The second-order valence-electron chi connectivity index (χ2n) is 7.82. The van der Waals surface area contributed by atoms with Crippen molar-refractivity contribution in [3.8, 4) is 5.75 Å². The molecule has 0 unspecified atom stereocenters. The molecule has 0 saturated carbocycles. The first-order valence-electron chi connectivity index (χ1n) is 10.5. The number of fused-ring (bicyclic) bond motifs is 2. The first kappa shape index (κ1) is 22.3. The smallest absolute Gasteiger partial charge is 0.269 e. The third kappa shape index (κ3) is 3.59. The molecule has 34 heavy (non-hydrogen) atoms. The molecule has 3 aromatic rings. The summed E-state index contributed by atoms with van der Waals surface area (Å²) in [4.78, 5) is 41.5. The van der Waals surface area contributed by atoms with Crippen LogP contribution in [-0.2, 0) is 19.3 Å². The number of hydrogen-bond donors (Lipinski definition) is 1. The number of para-hydroxylation sites is 1. The van der Waals surface area contributed by atoms with Crippen molar-refractivity contribution in [1.29, 1.82) is 0 Å². The van der Waals surface area contributed by atoms with Crippen molar-refractivity contribution in [2.75, 3.05) is 34.5 Å². The number of rotatable bonds is 5. The number of nitrogens with one attached hydrogen (secondary N) is 1. The molecule has 1 N–H and O–H groups in total. The highest BCUT2D eigenvalue weighted by molar-refractivity contribution is 8.02. The number of ether oxygens (including phenoxy) is 1. The quantitative estimate of drug-likeness (QED) is 0.574. The fraction of sp³-hybridized carbons (Fsp3) is 0.160. The fourth-order valence-corrected chi connectivity index (χ4v) is 5.81. The zero-order valence-electron chi connectivity index (χ0n) is 18.2. The Morgan fingerprint density at radius 2 is 1.76 bits per heavy atom. The first-order valence-corrected chi connectivity index (χ1v) is 11.9. The maximum Gasteiger partial charge on any atom is 0.269 e. The van der Waals surface area contributed by atoms with Crippen molar-refractivity contribution in [2.45, 2.75) is 4.87 Å². The van der Waals surface area contributed by atoms with Crippen LogP contribution < -0.4 is 19.9 Å². The van der Waals surface area contributed by atoms with Gasteiger partial charge in [-0.1, -0.05) is 29.8 Å². The molecule has 3 aromatic carbocycles. The lowest BCUT2D eigenvalue weighted by Crippen LogP contribution is -2.50. The average Bonchev–Trinajstić information content (AvgIpc) is 3.31. The summed E-state index contributed by atoms with van der Waals surface area (Å²) in [6.07, 6.45) is 0. The van der Waals surface area contributed by atoms with Crippen LogP contribution in [0.2, 0.25) is 5.02 Å². The third-order valence-electron chi connectivity index (χ3n) is 5.82. The predicted molar refractivity (Wildman–Crippen MR) is 133 cm³/mol. The average molecular weight is 494 g/mol. The molecule has 1 atom stereocenters. The number of carbonyl (C=O) groups is 3. The lowest BCUT2D eigenvalue weighted by atomic mass is 10.0. The molecule has 0 bridgehead atoms. The van der Waals surface area contributed by atoms with Crippen LogP contribution in [0.15, 0.2) is 72.8 Å². The van der Waals surface area contributed by atoms with Crippen LogP contribution in [-0.4, -0.2) is 37.1 Å². The van der Waals surface area contributed by atoms with E-state index in [9.17, 15) is 14.4 Å². The lowest BCUT2D eigenvalue weighted by Gasteiger charge is -2.33. The Hall–Kier alpha value is -3.49. The zero-order valence-corrected chi connectivity index (χ0v) is 19.7. The predicted octanol–water partition coefficient (Wildman–Crippen LogP) is 4.27. The van der Waals surface area contributed by atoms with Gasteiger partial charge in [0.15, 0.2) is 0 Å². The second kappa shape index (κ2) is 8.70. The molecule has 3 amide bonds. The molecule has 0 aromatic heterocycles. The molecule has 1 saturated heterocycles. The van der Waals surface area contributed by atoms with Gasteiger partial charge in [0.25, 0.3) is 5.91 Å². The van der Waals surface area contributed by atoms with Gasteiger partial charge >= 0.3 is 0 Å². The maximum absolute atomic E-state index is 13.9. The molecule has 0 aliphatic carbocycles. The Morgan fingerprint density at radius 1 is 1.06 bits per heavy atom. The van der Waals surface area contributed by atoms with E-state index in [0.717, 1.165) is 0 Å². The van der Waals surface area contributed by atoms with Gasteiger partial charge in [-0.15, -0.1) is 11.8 Å².